The van der Waals surface area contributed by atoms with E-state index < -0.39 is 6.09 Å². The molecule has 0 saturated heterocycles. The summed E-state index contributed by atoms with van der Waals surface area (Å²) in [7, 11) is 0. The van der Waals surface area contributed by atoms with Gasteiger partial charge >= 0.3 is 12.1 Å². The van der Waals surface area contributed by atoms with Gasteiger partial charge in [-0.25, -0.2) is 4.79 Å². The van der Waals surface area contributed by atoms with Crippen LogP contribution in [0, 0.1) is 0 Å². The first-order valence-electron chi connectivity index (χ1n) is 7.93. The van der Waals surface area contributed by atoms with E-state index >= 15 is 0 Å². The van der Waals surface area contributed by atoms with Crippen molar-refractivity contribution in [1.29, 1.82) is 0 Å². The third kappa shape index (κ3) is 7.39. The largest absolute Gasteiger partial charge is 0.492 e. The summed E-state index contributed by atoms with van der Waals surface area (Å²) in [5.41, 5.74) is 1.81. The molecule has 132 valence electrons. The second kappa shape index (κ2) is 9.97. The molecule has 0 unspecified atom stereocenters. The summed E-state index contributed by atoms with van der Waals surface area (Å²) >= 11 is 0. The maximum atomic E-state index is 11.6. The van der Waals surface area contributed by atoms with E-state index in [4.69, 9.17) is 14.2 Å². The molecule has 0 aliphatic rings. The summed E-state index contributed by atoms with van der Waals surface area (Å²) in [6.45, 7) is 2.50. The Kier molecular flexibility index (Phi) is 7.31. The van der Waals surface area contributed by atoms with Crippen molar-refractivity contribution in [2.24, 2.45) is 0 Å². The molecular formula is C19H21NO5. The molecule has 0 atom stereocenters. The van der Waals surface area contributed by atoms with Crippen molar-refractivity contribution in [2.75, 3.05) is 13.2 Å². The van der Waals surface area contributed by atoms with Crippen LogP contribution in [0.1, 0.15) is 18.1 Å². The van der Waals surface area contributed by atoms with Crippen molar-refractivity contribution in [2.45, 2.75) is 20.1 Å². The molecule has 2 aromatic rings. The number of hydrogen-bond donors (Lipinski definition) is 1. The van der Waals surface area contributed by atoms with E-state index in [1.54, 1.807) is 12.1 Å². The Balaban J connectivity index is 1.60. The average Bonchev–Trinajstić information content (AvgIpc) is 2.63. The molecule has 0 heterocycles. The molecule has 25 heavy (non-hydrogen) atoms. The number of alkyl carbamates (subject to hydrolysis) is 1. The topological polar surface area (TPSA) is 73.9 Å². The van der Waals surface area contributed by atoms with Crippen LogP contribution in [-0.2, 0) is 27.5 Å². The molecule has 0 aliphatic heterocycles. The van der Waals surface area contributed by atoms with Crippen LogP contribution in [-0.4, -0.2) is 25.2 Å². The van der Waals surface area contributed by atoms with Gasteiger partial charge in [-0.3, -0.25) is 4.79 Å². The molecule has 6 nitrogen and oxygen atoms in total. The van der Waals surface area contributed by atoms with E-state index in [0.717, 1.165) is 11.1 Å². The number of hydrogen-bond acceptors (Lipinski definition) is 5. The number of esters is 1. The number of benzene rings is 2. The SMILES string of the molecule is CC(=O)OCc1ccc(OCCNC(=O)OCc2ccccc2)cc1. The van der Waals surface area contributed by atoms with Crippen LogP contribution >= 0.6 is 0 Å². The summed E-state index contributed by atoms with van der Waals surface area (Å²) in [5, 5.41) is 2.62. The zero-order valence-electron chi connectivity index (χ0n) is 14.1. The fraction of sp³-hybridized carbons (Fsp3) is 0.263. The van der Waals surface area contributed by atoms with E-state index in [1.165, 1.54) is 6.92 Å². The van der Waals surface area contributed by atoms with Gasteiger partial charge in [0.2, 0.25) is 0 Å². The first kappa shape index (κ1) is 18.3. The second-order valence-corrected chi connectivity index (χ2v) is 5.26. The fourth-order valence-electron chi connectivity index (χ4n) is 1.96. The van der Waals surface area contributed by atoms with Gasteiger partial charge < -0.3 is 19.5 Å². The highest BCUT2D eigenvalue weighted by molar-refractivity contribution is 5.67. The lowest BCUT2D eigenvalue weighted by molar-refractivity contribution is -0.142. The number of nitrogens with one attached hydrogen (secondary N) is 1. The molecule has 6 heteroatoms. The van der Waals surface area contributed by atoms with Crippen LogP contribution in [0.4, 0.5) is 4.79 Å². The predicted molar refractivity (Wildman–Crippen MR) is 92.0 cm³/mol. The van der Waals surface area contributed by atoms with Gasteiger partial charge in [-0.2, -0.15) is 0 Å². The molecule has 0 aromatic heterocycles. The van der Waals surface area contributed by atoms with Gasteiger partial charge in [-0.05, 0) is 23.3 Å². The quantitative estimate of drug-likeness (QED) is 0.589. The molecule has 0 bridgehead atoms. The Morgan fingerprint density at radius 2 is 1.52 bits per heavy atom. The maximum Gasteiger partial charge on any atom is 0.407 e. The van der Waals surface area contributed by atoms with Crippen LogP contribution in [0.25, 0.3) is 0 Å². The number of rotatable bonds is 8. The molecule has 1 amide bonds. The Morgan fingerprint density at radius 3 is 2.20 bits per heavy atom. The minimum absolute atomic E-state index is 0.233. The van der Waals surface area contributed by atoms with Crippen LogP contribution in [0.2, 0.25) is 0 Å². The van der Waals surface area contributed by atoms with Gasteiger partial charge in [0.25, 0.3) is 0 Å². The highest BCUT2D eigenvalue weighted by Gasteiger charge is 2.02. The van der Waals surface area contributed by atoms with Gasteiger partial charge in [0.05, 0.1) is 6.54 Å². The second-order valence-electron chi connectivity index (χ2n) is 5.26. The fourth-order valence-corrected chi connectivity index (χ4v) is 1.96. The summed E-state index contributed by atoms with van der Waals surface area (Å²) in [4.78, 5) is 22.3. The summed E-state index contributed by atoms with van der Waals surface area (Å²) in [6, 6.07) is 16.7. The molecule has 2 aromatic carbocycles. The zero-order valence-corrected chi connectivity index (χ0v) is 14.1. The first-order chi connectivity index (χ1) is 12.1. The van der Waals surface area contributed by atoms with Crippen molar-refractivity contribution in [3.8, 4) is 5.75 Å². The lowest BCUT2D eigenvalue weighted by Gasteiger charge is -2.09. The van der Waals surface area contributed by atoms with Gasteiger partial charge in [-0.15, -0.1) is 0 Å². The van der Waals surface area contributed by atoms with Crippen LogP contribution < -0.4 is 10.1 Å². The Hall–Kier alpha value is -3.02. The lowest BCUT2D eigenvalue weighted by Crippen LogP contribution is -2.28. The molecule has 0 saturated carbocycles. The lowest BCUT2D eigenvalue weighted by atomic mass is 10.2. The van der Waals surface area contributed by atoms with Gasteiger partial charge in [0.1, 0.15) is 25.6 Å². The normalized spacial score (nSPS) is 9.96. The minimum Gasteiger partial charge on any atom is -0.492 e. The Bertz CT molecular complexity index is 670. The average molecular weight is 343 g/mol. The molecule has 2 rings (SSSR count). The van der Waals surface area contributed by atoms with Crippen molar-refractivity contribution in [1.82, 2.24) is 5.32 Å². The maximum absolute atomic E-state index is 11.6. The number of amides is 1. The zero-order chi connectivity index (χ0) is 17.9. The van der Waals surface area contributed by atoms with Gasteiger partial charge in [-0.1, -0.05) is 42.5 Å². The van der Waals surface area contributed by atoms with Crippen LogP contribution in [0.15, 0.2) is 54.6 Å². The number of carbonyl (C=O) groups is 2. The summed E-state index contributed by atoms with van der Waals surface area (Å²) in [5.74, 6) is 0.358. The molecule has 0 fully saturated rings. The molecule has 1 N–H and O–H groups in total. The van der Waals surface area contributed by atoms with E-state index in [-0.39, 0.29) is 19.2 Å². The highest BCUT2D eigenvalue weighted by Crippen LogP contribution is 2.12. The molecule has 0 radical (unpaired) electrons. The van der Waals surface area contributed by atoms with E-state index in [9.17, 15) is 9.59 Å². The summed E-state index contributed by atoms with van der Waals surface area (Å²) < 4.78 is 15.5. The van der Waals surface area contributed by atoms with Gasteiger partial charge in [0, 0.05) is 6.92 Å². The molecular weight excluding hydrogens is 322 g/mol. The van der Waals surface area contributed by atoms with Crippen molar-refractivity contribution in [3.05, 3.63) is 65.7 Å². The van der Waals surface area contributed by atoms with Crippen LogP contribution in [0.5, 0.6) is 5.75 Å². The summed E-state index contributed by atoms with van der Waals surface area (Å²) in [6.07, 6.45) is -0.482. The van der Waals surface area contributed by atoms with Crippen LogP contribution in [0.3, 0.4) is 0 Å². The van der Waals surface area contributed by atoms with E-state index in [2.05, 4.69) is 5.32 Å². The van der Waals surface area contributed by atoms with Gasteiger partial charge in [0.15, 0.2) is 0 Å². The molecule has 0 aliphatic carbocycles. The molecule has 0 spiro atoms. The first-order valence-corrected chi connectivity index (χ1v) is 7.93. The Morgan fingerprint density at radius 1 is 0.880 bits per heavy atom. The number of carbonyl (C=O) groups excluding carboxylic acids is 2. The monoisotopic (exact) mass is 343 g/mol. The third-order valence-corrected chi connectivity index (χ3v) is 3.22. The van der Waals surface area contributed by atoms with Crippen molar-refractivity contribution < 1.29 is 23.8 Å². The van der Waals surface area contributed by atoms with E-state index in [1.807, 2.05) is 42.5 Å². The van der Waals surface area contributed by atoms with Crippen molar-refractivity contribution in [3.63, 3.8) is 0 Å². The minimum atomic E-state index is -0.482. The van der Waals surface area contributed by atoms with E-state index in [0.29, 0.717) is 18.9 Å². The Labute approximate surface area is 146 Å². The van der Waals surface area contributed by atoms with Crippen molar-refractivity contribution >= 4 is 12.1 Å². The predicted octanol–water partition coefficient (Wildman–Crippen LogP) is 3.05. The smallest absolute Gasteiger partial charge is 0.407 e. The third-order valence-electron chi connectivity index (χ3n) is 3.22. The standard InChI is InChI=1S/C19H21NO5/c1-15(21)24-13-17-7-9-18(10-8-17)23-12-11-20-19(22)25-14-16-5-3-2-4-6-16/h2-10H,11-14H2,1H3,(H,20,22). The number of ether oxygens (including phenoxy) is 3. The highest BCUT2D eigenvalue weighted by atomic mass is 16.5.